The van der Waals surface area contributed by atoms with Gasteiger partial charge in [0.25, 0.3) is 0 Å². The second-order valence-electron chi connectivity index (χ2n) is 3.51. The van der Waals surface area contributed by atoms with Crippen molar-refractivity contribution in [2.24, 2.45) is 0 Å². The summed E-state index contributed by atoms with van der Waals surface area (Å²) in [7, 11) is 0. The van der Waals surface area contributed by atoms with Crippen molar-refractivity contribution in [2.45, 2.75) is 12.8 Å². The van der Waals surface area contributed by atoms with Crippen LogP contribution in [0, 0.1) is 0 Å². The fourth-order valence-electron chi connectivity index (χ4n) is 1.91. The Morgan fingerprint density at radius 1 is 1.14 bits per heavy atom. The number of benzene rings is 1. The number of hydrogen-bond acceptors (Lipinski definition) is 1. The third kappa shape index (κ3) is 1.14. The summed E-state index contributed by atoms with van der Waals surface area (Å²) in [5.74, 6) is 0. The molecule has 0 bridgehead atoms. The standard InChI is InChI=1S/C12H9BrO/c13-8-5-6-12-10(7-8)9-3-1-2-4-11(9)14-12/h3-7H,1-2H2. The first-order valence-electron chi connectivity index (χ1n) is 4.73. The van der Waals surface area contributed by atoms with Crippen molar-refractivity contribution in [1.82, 2.24) is 0 Å². The molecule has 0 N–H and O–H groups in total. The highest BCUT2D eigenvalue weighted by Crippen LogP contribution is 2.16. The van der Waals surface area contributed by atoms with Crippen LogP contribution in [0.1, 0.15) is 12.8 Å². The van der Waals surface area contributed by atoms with Gasteiger partial charge in [-0.15, -0.1) is 0 Å². The van der Waals surface area contributed by atoms with E-state index in [1.807, 2.05) is 12.1 Å². The molecular weight excluding hydrogens is 240 g/mol. The van der Waals surface area contributed by atoms with Crippen LogP contribution < -0.4 is 10.6 Å². The van der Waals surface area contributed by atoms with Gasteiger partial charge in [-0.1, -0.05) is 22.0 Å². The number of rotatable bonds is 0. The van der Waals surface area contributed by atoms with E-state index in [4.69, 9.17) is 4.42 Å². The molecule has 0 saturated heterocycles. The Hall–Kier alpha value is -1.02. The molecule has 0 spiro atoms. The molecule has 0 saturated carbocycles. The molecule has 0 atom stereocenters. The summed E-state index contributed by atoms with van der Waals surface area (Å²) in [5, 5.41) is 2.47. The first kappa shape index (κ1) is 8.30. The lowest BCUT2D eigenvalue weighted by atomic mass is 10.1. The van der Waals surface area contributed by atoms with Crippen molar-refractivity contribution in [3.63, 3.8) is 0 Å². The number of hydrogen-bond donors (Lipinski definition) is 0. The first-order chi connectivity index (χ1) is 6.84. The number of halogens is 1. The molecule has 1 aromatic carbocycles. The van der Waals surface area contributed by atoms with Gasteiger partial charge >= 0.3 is 0 Å². The van der Waals surface area contributed by atoms with E-state index in [1.54, 1.807) is 0 Å². The Morgan fingerprint density at radius 2 is 2.00 bits per heavy atom. The molecular formula is C12H9BrO. The third-order valence-electron chi connectivity index (χ3n) is 2.56. The van der Waals surface area contributed by atoms with Gasteiger partial charge in [-0.25, -0.2) is 0 Å². The summed E-state index contributed by atoms with van der Waals surface area (Å²) in [6.45, 7) is 0. The average Bonchev–Trinajstić information content (AvgIpc) is 2.56. The normalized spacial score (nSPS) is 14.6. The van der Waals surface area contributed by atoms with Crippen LogP contribution in [0.3, 0.4) is 0 Å². The highest BCUT2D eigenvalue weighted by atomic mass is 79.9. The molecule has 2 heteroatoms. The van der Waals surface area contributed by atoms with E-state index in [0.717, 1.165) is 28.3 Å². The second kappa shape index (κ2) is 2.99. The minimum Gasteiger partial charge on any atom is -0.456 e. The van der Waals surface area contributed by atoms with Crippen LogP contribution >= 0.6 is 15.9 Å². The topological polar surface area (TPSA) is 13.1 Å². The summed E-state index contributed by atoms with van der Waals surface area (Å²) in [4.78, 5) is 0. The van der Waals surface area contributed by atoms with Crippen molar-refractivity contribution in [3.05, 3.63) is 33.3 Å². The zero-order valence-corrected chi connectivity index (χ0v) is 9.17. The Morgan fingerprint density at radius 3 is 2.93 bits per heavy atom. The van der Waals surface area contributed by atoms with Crippen molar-refractivity contribution < 1.29 is 4.42 Å². The Balaban J connectivity index is 2.57. The molecule has 3 rings (SSSR count). The largest absolute Gasteiger partial charge is 0.456 e. The summed E-state index contributed by atoms with van der Waals surface area (Å²) in [6, 6.07) is 6.14. The molecule has 0 radical (unpaired) electrons. The van der Waals surface area contributed by atoms with Gasteiger partial charge in [0.05, 0.1) is 0 Å². The monoisotopic (exact) mass is 248 g/mol. The number of furan rings is 1. The molecule has 0 aliphatic heterocycles. The molecule has 0 amide bonds. The molecule has 14 heavy (non-hydrogen) atoms. The van der Waals surface area contributed by atoms with E-state index in [-0.39, 0.29) is 0 Å². The predicted molar refractivity (Wildman–Crippen MR) is 61.3 cm³/mol. The van der Waals surface area contributed by atoms with Gasteiger partial charge in [-0.05, 0) is 37.1 Å². The van der Waals surface area contributed by atoms with Crippen molar-refractivity contribution in [3.8, 4) is 0 Å². The zero-order chi connectivity index (χ0) is 9.54. The van der Waals surface area contributed by atoms with Crippen LogP contribution in [0.15, 0.2) is 27.1 Å². The van der Waals surface area contributed by atoms with Crippen LogP contribution in [-0.4, -0.2) is 0 Å². The summed E-state index contributed by atoms with van der Waals surface area (Å²) >= 11 is 3.48. The molecule has 1 aliphatic rings. The Labute approximate surface area is 89.8 Å². The maximum Gasteiger partial charge on any atom is 0.135 e. The van der Waals surface area contributed by atoms with E-state index < -0.39 is 0 Å². The smallest absolute Gasteiger partial charge is 0.135 e. The van der Waals surface area contributed by atoms with Gasteiger partial charge in [0.15, 0.2) is 0 Å². The Kier molecular flexibility index (Phi) is 1.77. The molecule has 70 valence electrons. The summed E-state index contributed by atoms with van der Waals surface area (Å²) < 4.78 is 6.84. The highest BCUT2D eigenvalue weighted by molar-refractivity contribution is 9.10. The maximum absolute atomic E-state index is 5.74. The molecule has 2 aromatic rings. The Bertz CT molecular complexity index is 607. The first-order valence-corrected chi connectivity index (χ1v) is 5.52. The molecule has 1 aromatic heterocycles. The highest BCUT2D eigenvalue weighted by Gasteiger charge is 2.05. The number of fused-ring (bicyclic) bond motifs is 3. The molecule has 0 fully saturated rings. The lowest BCUT2D eigenvalue weighted by molar-refractivity contribution is 0.571. The predicted octanol–water partition coefficient (Wildman–Crippen LogP) is 2.55. The van der Waals surface area contributed by atoms with Gasteiger partial charge in [0, 0.05) is 15.1 Å². The molecule has 1 aliphatic carbocycles. The maximum atomic E-state index is 5.74. The second-order valence-corrected chi connectivity index (χ2v) is 4.42. The van der Waals surface area contributed by atoms with Gasteiger partial charge in [0.2, 0.25) is 0 Å². The molecule has 1 heterocycles. The fourth-order valence-corrected chi connectivity index (χ4v) is 2.27. The van der Waals surface area contributed by atoms with Crippen LogP contribution in [0.5, 0.6) is 0 Å². The van der Waals surface area contributed by atoms with E-state index in [9.17, 15) is 0 Å². The van der Waals surface area contributed by atoms with Gasteiger partial charge < -0.3 is 4.42 Å². The van der Waals surface area contributed by atoms with Crippen LogP contribution in [0.4, 0.5) is 0 Å². The van der Waals surface area contributed by atoms with Crippen molar-refractivity contribution >= 4 is 39.1 Å². The SMILES string of the molecule is Brc1ccc2oc3c(c2c1)=CCCC=3. The fraction of sp³-hybridized carbons (Fsp3) is 0.167. The van der Waals surface area contributed by atoms with Gasteiger partial charge in [0.1, 0.15) is 11.0 Å². The van der Waals surface area contributed by atoms with Gasteiger partial charge in [-0.2, -0.15) is 0 Å². The molecule has 1 nitrogen and oxygen atoms in total. The summed E-state index contributed by atoms with van der Waals surface area (Å²) in [6.07, 6.45) is 6.64. The minimum atomic E-state index is 0.979. The van der Waals surface area contributed by atoms with Crippen LogP contribution in [0.2, 0.25) is 0 Å². The van der Waals surface area contributed by atoms with Crippen LogP contribution in [-0.2, 0) is 0 Å². The van der Waals surface area contributed by atoms with Gasteiger partial charge in [-0.3, -0.25) is 0 Å². The van der Waals surface area contributed by atoms with E-state index in [0.29, 0.717) is 0 Å². The summed E-state index contributed by atoms with van der Waals surface area (Å²) in [5.41, 5.74) is 2.01. The zero-order valence-electron chi connectivity index (χ0n) is 7.59. The minimum absolute atomic E-state index is 0.979. The quantitative estimate of drug-likeness (QED) is 0.699. The average molecular weight is 249 g/mol. The lowest BCUT2D eigenvalue weighted by Gasteiger charge is -1.92. The molecule has 0 unspecified atom stereocenters. The van der Waals surface area contributed by atoms with E-state index >= 15 is 0 Å². The third-order valence-corrected chi connectivity index (χ3v) is 3.06. The van der Waals surface area contributed by atoms with Crippen molar-refractivity contribution in [1.29, 1.82) is 0 Å². The van der Waals surface area contributed by atoms with Crippen molar-refractivity contribution in [2.75, 3.05) is 0 Å². The van der Waals surface area contributed by atoms with E-state index in [2.05, 4.69) is 34.1 Å². The van der Waals surface area contributed by atoms with Crippen LogP contribution in [0.25, 0.3) is 23.1 Å². The lowest BCUT2D eigenvalue weighted by Crippen LogP contribution is -2.21. The van der Waals surface area contributed by atoms with E-state index in [1.165, 1.54) is 10.6 Å².